The zero-order valence-corrected chi connectivity index (χ0v) is 25.8. The molecule has 2 N–H and O–H groups in total. The van der Waals surface area contributed by atoms with Crippen molar-refractivity contribution in [3.8, 4) is 5.75 Å². The summed E-state index contributed by atoms with van der Waals surface area (Å²) in [7, 11) is 0. The third-order valence-corrected chi connectivity index (χ3v) is 7.65. The summed E-state index contributed by atoms with van der Waals surface area (Å²) in [6.45, 7) is 5.03. The molecule has 0 saturated carbocycles. The summed E-state index contributed by atoms with van der Waals surface area (Å²) in [5.41, 5.74) is 0.979. The summed E-state index contributed by atoms with van der Waals surface area (Å²) in [5.74, 6) is -1.65. The average Bonchev–Trinajstić information content (AvgIpc) is 3.49. The van der Waals surface area contributed by atoms with Gasteiger partial charge in [-0.2, -0.15) is 0 Å². The standard InChI is InChI=1S/C32H37FN8O5/c1-21(2)17-27-31(44)34-11-14-39(29(42)10-13-40-20-35-26-6-4-3-5-24(26)32(40)45)12-9-23-19-41(38-37-23)15-16-46-28-8-7-22(33)18-25(28)30(43)36-27/h3-8,18-21,27H,9-17H2,1-2H3,(H,34,44)(H,36,43)/t27-/m1/s1. The lowest BCUT2D eigenvalue weighted by atomic mass is 10.0. The molecule has 2 bridgehead atoms. The van der Waals surface area contributed by atoms with Gasteiger partial charge in [0, 0.05) is 45.2 Å². The molecule has 3 amide bonds. The third kappa shape index (κ3) is 8.11. The van der Waals surface area contributed by atoms with E-state index in [0.717, 1.165) is 6.07 Å². The number of aromatic nitrogens is 5. The molecule has 13 nitrogen and oxygen atoms in total. The van der Waals surface area contributed by atoms with Gasteiger partial charge in [-0.1, -0.05) is 31.2 Å². The molecule has 2 aromatic carbocycles. The van der Waals surface area contributed by atoms with Gasteiger partial charge in [0.1, 0.15) is 24.2 Å². The molecule has 0 saturated heterocycles. The van der Waals surface area contributed by atoms with Gasteiger partial charge in [-0.25, -0.2) is 14.1 Å². The molecule has 1 atom stereocenters. The van der Waals surface area contributed by atoms with E-state index in [-0.39, 0.29) is 61.4 Å². The van der Waals surface area contributed by atoms with Crippen molar-refractivity contribution in [3.63, 3.8) is 0 Å². The van der Waals surface area contributed by atoms with E-state index in [4.69, 9.17) is 4.74 Å². The van der Waals surface area contributed by atoms with Gasteiger partial charge in [0.05, 0.1) is 35.0 Å². The summed E-state index contributed by atoms with van der Waals surface area (Å²) >= 11 is 0. The molecule has 0 fully saturated rings. The molecular weight excluding hydrogens is 595 g/mol. The van der Waals surface area contributed by atoms with Crippen LogP contribution in [-0.2, 0) is 29.1 Å². The van der Waals surface area contributed by atoms with Crippen molar-refractivity contribution >= 4 is 28.6 Å². The molecule has 1 aliphatic rings. The zero-order chi connectivity index (χ0) is 32.6. The van der Waals surface area contributed by atoms with Crippen molar-refractivity contribution in [2.75, 3.05) is 26.2 Å². The van der Waals surface area contributed by atoms with Gasteiger partial charge >= 0.3 is 0 Å². The third-order valence-electron chi connectivity index (χ3n) is 7.65. The van der Waals surface area contributed by atoms with E-state index in [1.807, 2.05) is 13.8 Å². The highest BCUT2D eigenvalue weighted by atomic mass is 19.1. The first-order valence-electron chi connectivity index (χ1n) is 15.3. The molecular formula is C32H37FN8O5. The number of amides is 3. The zero-order valence-electron chi connectivity index (χ0n) is 25.8. The summed E-state index contributed by atoms with van der Waals surface area (Å²) in [5, 5.41) is 14.4. The molecule has 0 spiro atoms. The lowest BCUT2D eigenvalue weighted by molar-refractivity contribution is -0.132. The first kappa shape index (κ1) is 32.3. The Labute approximate surface area is 264 Å². The van der Waals surface area contributed by atoms with Gasteiger partial charge in [-0.15, -0.1) is 5.10 Å². The van der Waals surface area contributed by atoms with Crippen LogP contribution < -0.4 is 20.9 Å². The first-order valence-corrected chi connectivity index (χ1v) is 15.3. The molecule has 0 radical (unpaired) electrons. The summed E-state index contributed by atoms with van der Waals surface area (Å²) in [6.07, 6.45) is 3.97. The van der Waals surface area contributed by atoms with Gasteiger partial charge in [-0.05, 0) is 42.7 Å². The highest BCUT2D eigenvalue weighted by molar-refractivity contribution is 5.99. The molecule has 242 valence electrons. The van der Waals surface area contributed by atoms with E-state index < -0.39 is 23.7 Å². The molecule has 3 heterocycles. The Bertz CT molecular complexity index is 1770. The van der Waals surface area contributed by atoms with Crippen LogP contribution in [0.1, 0.15) is 42.7 Å². The first-order chi connectivity index (χ1) is 22.2. The Hall–Kier alpha value is -5.14. The Morgan fingerprint density at radius 3 is 2.76 bits per heavy atom. The van der Waals surface area contributed by atoms with Gasteiger partial charge < -0.3 is 20.3 Å². The van der Waals surface area contributed by atoms with Crippen LogP contribution in [0.3, 0.4) is 0 Å². The van der Waals surface area contributed by atoms with Crippen LogP contribution in [0, 0.1) is 11.7 Å². The van der Waals surface area contributed by atoms with Crippen molar-refractivity contribution in [3.05, 3.63) is 82.4 Å². The van der Waals surface area contributed by atoms with Crippen molar-refractivity contribution in [1.29, 1.82) is 0 Å². The van der Waals surface area contributed by atoms with E-state index in [2.05, 4.69) is 25.9 Å². The number of para-hydroxylation sites is 1. The monoisotopic (exact) mass is 632 g/mol. The van der Waals surface area contributed by atoms with Gasteiger partial charge in [0.25, 0.3) is 11.5 Å². The van der Waals surface area contributed by atoms with Gasteiger partial charge in [-0.3, -0.25) is 23.7 Å². The minimum absolute atomic E-state index is 0.0283. The quantitative estimate of drug-likeness (QED) is 0.339. The SMILES string of the molecule is CC(C)C[C@H]1NC(=O)c2cc(F)ccc2OCCn2cc(nn2)CCN(C(=O)CCn2cnc3ccccc3c2=O)CCNC1=O. The summed E-state index contributed by atoms with van der Waals surface area (Å²) < 4.78 is 23.0. The number of aryl methyl sites for hydroxylation is 1. The molecule has 46 heavy (non-hydrogen) atoms. The van der Waals surface area contributed by atoms with Crippen molar-refractivity contribution in [1.82, 2.24) is 40.1 Å². The van der Waals surface area contributed by atoms with E-state index >= 15 is 0 Å². The Morgan fingerprint density at radius 1 is 1.11 bits per heavy atom. The fourth-order valence-corrected chi connectivity index (χ4v) is 5.24. The molecule has 1 aliphatic heterocycles. The van der Waals surface area contributed by atoms with Crippen molar-refractivity contribution in [2.24, 2.45) is 5.92 Å². The number of carbonyl (C=O) groups excluding carboxylic acids is 3. The number of hydrogen-bond donors (Lipinski definition) is 2. The molecule has 2 aromatic heterocycles. The Balaban J connectivity index is 1.33. The highest BCUT2D eigenvalue weighted by Gasteiger charge is 2.25. The summed E-state index contributed by atoms with van der Waals surface area (Å²) in [4.78, 5) is 58.9. The second-order valence-corrected chi connectivity index (χ2v) is 11.5. The smallest absolute Gasteiger partial charge is 0.261 e. The number of fused-ring (bicyclic) bond motifs is 4. The van der Waals surface area contributed by atoms with Crippen LogP contribution in [0.4, 0.5) is 4.39 Å². The van der Waals surface area contributed by atoms with Gasteiger partial charge in [0.2, 0.25) is 11.8 Å². The molecule has 0 unspecified atom stereocenters. The number of benzene rings is 2. The largest absolute Gasteiger partial charge is 0.491 e. The van der Waals surface area contributed by atoms with Crippen LogP contribution >= 0.6 is 0 Å². The van der Waals surface area contributed by atoms with Crippen LogP contribution in [0.25, 0.3) is 10.9 Å². The number of rotatable bonds is 5. The number of nitrogens with zero attached hydrogens (tertiary/aromatic N) is 6. The predicted octanol–water partition coefficient (Wildman–Crippen LogP) is 1.94. The number of carbonyl (C=O) groups is 3. The van der Waals surface area contributed by atoms with E-state index in [1.165, 1.54) is 23.0 Å². The fourth-order valence-electron chi connectivity index (χ4n) is 5.24. The summed E-state index contributed by atoms with van der Waals surface area (Å²) in [6, 6.07) is 9.79. The van der Waals surface area contributed by atoms with Crippen molar-refractivity contribution in [2.45, 2.75) is 52.2 Å². The van der Waals surface area contributed by atoms with Crippen LogP contribution in [-0.4, -0.2) is 79.4 Å². The molecule has 4 aromatic rings. The Morgan fingerprint density at radius 2 is 1.93 bits per heavy atom. The number of nitrogens with one attached hydrogen (secondary N) is 2. The molecule has 0 aliphatic carbocycles. The van der Waals surface area contributed by atoms with E-state index in [0.29, 0.717) is 42.5 Å². The average molecular weight is 633 g/mol. The minimum atomic E-state index is -0.899. The number of ether oxygens (including phenoxy) is 1. The lowest BCUT2D eigenvalue weighted by Gasteiger charge is -2.25. The maximum atomic E-state index is 14.2. The highest BCUT2D eigenvalue weighted by Crippen LogP contribution is 2.21. The van der Waals surface area contributed by atoms with E-state index in [9.17, 15) is 23.6 Å². The predicted molar refractivity (Wildman–Crippen MR) is 167 cm³/mol. The second-order valence-electron chi connectivity index (χ2n) is 11.5. The Kier molecular flexibility index (Phi) is 10.4. The maximum Gasteiger partial charge on any atom is 0.261 e. The number of halogens is 1. The fraction of sp³-hybridized carbons (Fsp3) is 0.406. The van der Waals surface area contributed by atoms with Gasteiger partial charge in [0.15, 0.2) is 0 Å². The minimum Gasteiger partial charge on any atom is -0.491 e. The number of hydrogen-bond acceptors (Lipinski definition) is 8. The second kappa shape index (κ2) is 14.8. The molecule has 5 rings (SSSR count). The van der Waals surface area contributed by atoms with Crippen LogP contribution in [0.5, 0.6) is 5.75 Å². The molecule has 14 heteroatoms. The van der Waals surface area contributed by atoms with E-state index in [1.54, 1.807) is 40.0 Å². The van der Waals surface area contributed by atoms with Crippen molar-refractivity contribution < 1.29 is 23.5 Å². The topological polar surface area (TPSA) is 153 Å². The van der Waals surface area contributed by atoms with Crippen LogP contribution in [0.2, 0.25) is 0 Å². The lowest BCUT2D eigenvalue weighted by Crippen LogP contribution is -2.49. The normalized spacial score (nSPS) is 16.6. The maximum absolute atomic E-state index is 14.2. The van der Waals surface area contributed by atoms with Crippen LogP contribution in [0.15, 0.2) is 59.8 Å².